The monoisotopic (exact) mass is 241 g/mol. The van der Waals surface area contributed by atoms with E-state index in [9.17, 15) is 0 Å². The van der Waals surface area contributed by atoms with Crippen LogP contribution in [-0.2, 0) is 0 Å². The third-order valence-electron chi connectivity index (χ3n) is 3.77. The van der Waals surface area contributed by atoms with E-state index in [0.29, 0.717) is 11.3 Å². The number of hydrogen-bond donors (Lipinski definition) is 1. The molecule has 0 unspecified atom stereocenters. The normalized spacial score (nSPS) is 18.6. The second-order valence-electron chi connectivity index (χ2n) is 6.01. The van der Waals surface area contributed by atoms with Gasteiger partial charge in [0.05, 0.1) is 11.4 Å². The van der Waals surface area contributed by atoms with Crippen LogP contribution in [0.25, 0.3) is 5.69 Å². The summed E-state index contributed by atoms with van der Waals surface area (Å²) in [6, 6.07) is 12.1. The van der Waals surface area contributed by atoms with Crippen LogP contribution >= 0.6 is 0 Å². The Morgan fingerprint density at radius 1 is 1.22 bits per heavy atom. The molecule has 1 aromatic heterocycles. The van der Waals surface area contributed by atoms with E-state index in [4.69, 9.17) is 5.73 Å². The van der Waals surface area contributed by atoms with Gasteiger partial charge in [0.1, 0.15) is 5.82 Å². The number of anilines is 1. The Hall–Kier alpha value is -1.77. The van der Waals surface area contributed by atoms with E-state index in [1.54, 1.807) is 0 Å². The Labute approximate surface area is 108 Å². The van der Waals surface area contributed by atoms with Gasteiger partial charge in [-0.1, -0.05) is 32.0 Å². The largest absolute Gasteiger partial charge is 0.384 e. The van der Waals surface area contributed by atoms with Crippen molar-refractivity contribution in [2.45, 2.75) is 32.6 Å². The van der Waals surface area contributed by atoms with E-state index in [1.165, 1.54) is 12.8 Å². The third-order valence-corrected chi connectivity index (χ3v) is 3.77. The minimum absolute atomic E-state index is 0.468. The molecule has 18 heavy (non-hydrogen) atoms. The Morgan fingerprint density at radius 3 is 2.50 bits per heavy atom. The molecule has 1 aliphatic rings. The molecule has 1 fully saturated rings. The van der Waals surface area contributed by atoms with Crippen LogP contribution in [0.5, 0.6) is 0 Å². The second kappa shape index (κ2) is 3.87. The van der Waals surface area contributed by atoms with Crippen molar-refractivity contribution < 1.29 is 0 Å². The van der Waals surface area contributed by atoms with Crippen LogP contribution in [0.15, 0.2) is 36.4 Å². The number of nitrogen functional groups attached to an aromatic ring is 1. The zero-order chi connectivity index (χ0) is 12.8. The van der Waals surface area contributed by atoms with Crippen molar-refractivity contribution in [2.75, 3.05) is 5.73 Å². The van der Waals surface area contributed by atoms with Gasteiger partial charge in [0, 0.05) is 12.0 Å². The summed E-state index contributed by atoms with van der Waals surface area (Å²) in [6.45, 7) is 4.61. The fraction of sp³-hybridized carbons (Fsp3) is 0.400. The number of aromatic nitrogens is 2. The Bertz CT molecular complexity index is 546. The number of nitrogens with two attached hydrogens (primary N) is 1. The van der Waals surface area contributed by atoms with Gasteiger partial charge in [0.25, 0.3) is 0 Å². The lowest BCUT2D eigenvalue weighted by molar-refractivity contribution is 0.148. The zero-order valence-corrected chi connectivity index (χ0v) is 10.9. The summed E-state index contributed by atoms with van der Waals surface area (Å²) in [4.78, 5) is 0. The van der Waals surface area contributed by atoms with Crippen LogP contribution < -0.4 is 5.73 Å². The number of benzene rings is 1. The predicted molar refractivity (Wildman–Crippen MR) is 73.7 cm³/mol. The van der Waals surface area contributed by atoms with Gasteiger partial charge in [0.2, 0.25) is 0 Å². The van der Waals surface area contributed by atoms with Gasteiger partial charge in [-0.2, -0.15) is 5.10 Å². The smallest absolute Gasteiger partial charge is 0.127 e. The van der Waals surface area contributed by atoms with Gasteiger partial charge in [0.15, 0.2) is 0 Å². The van der Waals surface area contributed by atoms with Crippen molar-refractivity contribution in [3.63, 3.8) is 0 Å². The maximum Gasteiger partial charge on any atom is 0.127 e. The molecule has 1 aromatic carbocycles. The van der Waals surface area contributed by atoms with E-state index in [0.717, 1.165) is 17.2 Å². The molecule has 94 valence electrons. The molecule has 0 atom stereocenters. The minimum atomic E-state index is 0.468. The van der Waals surface area contributed by atoms with E-state index in [-0.39, 0.29) is 0 Å². The first-order valence-corrected chi connectivity index (χ1v) is 6.46. The molecule has 2 aromatic rings. The van der Waals surface area contributed by atoms with Crippen LogP contribution in [0.4, 0.5) is 5.82 Å². The summed E-state index contributed by atoms with van der Waals surface area (Å²) in [5.41, 5.74) is 8.69. The van der Waals surface area contributed by atoms with Crippen LogP contribution in [-0.4, -0.2) is 9.78 Å². The molecule has 0 radical (unpaired) electrons. The van der Waals surface area contributed by atoms with Crippen LogP contribution in [0, 0.1) is 5.41 Å². The molecule has 3 rings (SSSR count). The molecule has 2 N–H and O–H groups in total. The van der Waals surface area contributed by atoms with Crippen molar-refractivity contribution in [1.29, 1.82) is 0 Å². The average molecular weight is 241 g/mol. The molecule has 0 spiro atoms. The molecular weight excluding hydrogens is 222 g/mol. The van der Waals surface area contributed by atoms with Gasteiger partial charge in [-0.25, -0.2) is 4.68 Å². The molecule has 1 heterocycles. The topological polar surface area (TPSA) is 43.8 Å². The number of nitrogens with zero attached hydrogens (tertiary/aromatic N) is 2. The van der Waals surface area contributed by atoms with Crippen molar-refractivity contribution in [3.8, 4) is 5.69 Å². The summed E-state index contributed by atoms with van der Waals surface area (Å²) in [5.74, 6) is 1.30. The summed E-state index contributed by atoms with van der Waals surface area (Å²) in [5, 5.41) is 4.66. The van der Waals surface area contributed by atoms with Gasteiger partial charge in [-0.15, -0.1) is 0 Å². The standard InChI is InChI=1S/C15H19N3/c1-15(2)9-11(10-15)13-8-14(16)18(17-13)12-6-4-3-5-7-12/h3-8,11H,9-10,16H2,1-2H3. The van der Waals surface area contributed by atoms with E-state index in [2.05, 4.69) is 18.9 Å². The molecule has 0 amide bonds. The maximum atomic E-state index is 6.06. The Kier molecular flexibility index (Phi) is 2.44. The highest BCUT2D eigenvalue weighted by molar-refractivity contribution is 5.43. The molecule has 1 saturated carbocycles. The van der Waals surface area contributed by atoms with Gasteiger partial charge >= 0.3 is 0 Å². The summed E-state index contributed by atoms with van der Waals surface area (Å²) < 4.78 is 1.83. The molecule has 0 bridgehead atoms. The molecule has 0 saturated heterocycles. The molecule has 3 nitrogen and oxygen atoms in total. The molecule has 3 heteroatoms. The highest BCUT2D eigenvalue weighted by atomic mass is 15.3. The molecular formula is C15H19N3. The maximum absolute atomic E-state index is 6.06. The zero-order valence-electron chi connectivity index (χ0n) is 10.9. The first-order chi connectivity index (χ1) is 8.55. The van der Waals surface area contributed by atoms with E-state index >= 15 is 0 Å². The highest BCUT2D eigenvalue weighted by Crippen LogP contribution is 2.50. The summed E-state index contributed by atoms with van der Waals surface area (Å²) >= 11 is 0. The second-order valence-corrected chi connectivity index (χ2v) is 6.01. The van der Waals surface area contributed by atoms with Gasteiger partial charge in [-0.3, -0.25) is 0 Å². The quantitative estimate of drug-likeness (QED) is 0.876. The number of rotatable bonds is 2. The molecule has 0 aliphatic heterocycles. The predicted octanol–water partition coefficient (Wildman–Crippen LogP) is 3.36. The fourth-order valence-electron chi connectivity index (χ4n) is 2.87. The summed E-state index contributed by atoms with van der Waals surface area (Å²) in [6.07, 6.45) is 2.41. The SMILES string of the molecule is CC1(C)CC(c2cc(N)n(-c3ccccc3)n2)C1. The highest BCUT2D eigenvalue weighted by Gasteiger charge is 2.38. The Balaban J connectivity index is 1.88. The number of para-hydroxylation sites is 1. The van der Waals surface area contributed by atoms with Crippen molar-refractivity contribution in [1.82, 2.24) is 9.78 Å². The van der Waals surface area contributed by atoms with Gasteiger partial charge < -0.3 is 5.73 Å². The number of hydrogen-bond acceptors (Lipinski definition) is 2. The minimum Gasteiger partial charge on any atom is -0.384 e. The van der Waals surface area contributed by atoms with Crippen molar-refractivity contribution >= 4 is 5.82 Å². The van der Waals surface area contributed by atoms with Crippen molar-refractivity contribution in [3.05, 3.63) is 42.1 Å². The average Bonchev–Trinajstić information content (AvgIpc) is 2.69. The lowest BCUT2D eigenvalue weighted by Crippen LogP contribution is -2.30. The summed E-state index contributed by atoms with van der Waals surface area (Å²) in [7, 11) is 0. The first-order valence-electron chi connectivity index (χ1n) is 6.46. The van der Waals surface area contributed by atoms with Crippen molar-refractivity contribution in [2.24, 2.45) is 5.41 Å². The van der Waals surface area contributed by atoms with Crippen LogP contribution in [0.2, 0.25) is 0 Å². The fourth-order valence-corrected chi connectivity index (χ4v) is 2.87. The Morgan fingerprint density at radius 2 is 1.89 bits per heavy atom. The van der Waals surface area contributed by atoms with Gasteiger partial charge in [-0.05, 0) is 30.4 Å². The molecule has 1 aliphatic carbocycles. The first kappa shape index (κ1) is 11.3. The van der Waals surface area contributed by atoms with E-state index < -0.39 is 0 Å². The lowest BCUT2D eigenvalue weighted by atomic mass is 9.63. The van der Waals surface area contributed by atoms with Crippen LogP contribution in [0.1, 0.15) is 38.3 Å². The third kappa shape index (κ3) is 1.90. The van der Waals surface area contributed by atoms with E-state index in [1.807, 2.05) is 41.1 Å². The lowest BCUT2D eigenvalue weighted by Gasteiger charge is -2.41. The van der Waals surface area contributed by atoms with Crippen LogP contribution in [0.3, 0.4) is 0 Å².